The number of aromatic nitrogens is 2. The van der Waals surface area contributed by atoms with Crippen LogP contribution < -0.4 is 0 Å². The Kier molecular flexibility index (Phi) is 10.4. The normalized spacial score (nSPS) is 40.6. The van der Waals surface area contributed by atoms with Gasteiger partial charge in [0.15, 0.2) is 0 Å². The van der Waals surface area contributed by atoms with Crippen molar-refractivity contribution in [3.8, 4) is 10.6 Å². The molecule has 2 aromatic rings. The summed E-state index contributed by atoms with van der Waals surface area (Å²) in [6.07, 6.45) is 18.6. The van der Waals surface area contributed by atoms with Gasteiger partial charge in [0.05, 0.1) is 28.2 Å². The number of esters is 1. The van der Waals surface area contributed by atoms with Crippen molar-refractivity contribution < 1.29 is 14.3 Å². The van der Waals surface area contributed by atoms with Gasteiger partial charge in [-0.05, 0) is 135 Å². The number of allylic oxidation sites excluding steroid dienone is 1. The van der Waals surface area contributed by atoms with Crippen molar-refractivity contribution in [3.05, 3.63) is 42.2 Å². The number of aromatic amines is 1. The van der Waals surface area contributed by atoms with Gasteiger partial charge in [-0.25, -0.2) is 4.98 Å². The number of hydrogen-bond donors (Lipinski definition) is 1. The predicted molar refractivity (Wildman–Crippen MR) is 209 cm³/mol. The van der Waals surface area contributed by atoms with Gasteiger partial charge in [-0.1, -0.05) is 60.6 Å². The van der Waals surface area contributed by atoms with Crippen LogP contribution in [0, 0.1) is 50.7 Å². The first-order valence-electron chi connectivity index (χ1n) is 19.9. The molecule has 5 saturated carbocycles. The molecule has 0 spiro atoms. The second-order valence-corrected chi connectivity index (χ2v) is 19.5. The average molecular weight is 718 g/mol. The van der Waals surface area contributed by atoms with E-state index in [0.29, 0.717) is 29.6 Å². The maximum absolute atomic E-state index is 15.0. The van der Waals surface area contributed by atoms with Crippen LogP contribution in [0.4, 0.5) is 0 Å². The number of nitrogens with one attached hydrogen (secondary N) is 1. The molecule has 0 bridgehead atoms. The Labute approximate surface area is 313 Å². The highest BCUT2D eigenvalue weighted by atomic mass is 32.1. The van der Waals surface area contributed by atoms with Gasteiger partial charge in [-0.15, -0.1) is 17.9 Å². The maximum Gasteiger partial charge on any atom is 0.302 e. The molecule has 0 radical (unpaired) electrons. The van der Waals surface area contributed by atoms with Crippen molar-refractivity contribution in [1.82, 2.24) is 14.9 Å². The standard InChI is InChI=1S/C40H57N3O3S.C3H6.CH4/c1-25(44)46-33-16-18-37(4)31(36(33,2)3)15-19-39(6)32(37)14-13-26-27-10-7-17-40(27,21-20-38(26,39)5)35(45)43-22-8-11-29(43)34-41-24-28(42-34)30-12-9-23-47-30;1-3-2;/h9,12,23-24,26-27,29,31-33H,7-8,10-11,13-22H2,1-6H3,(H,41,42);3H,1H2,2H3;1H4/t26?,27?,29?,31?,32?,33?,37?,38-,39?,40?;;/m1../s1. The smallest absolute Gasteiger partial charge is 0.302 e. The molecule has 6 nitrogen and oxygen atoms in total. The van der Waals surface area contributed by atoms with Gasteiger partial charge in [-0.3, -0.25) is 9.59 Å². The summed E-state index contributed by atoms with van der Waals surface area (Å²) >= 11 is 1.73. The van der Waals surface area contributed by atoms with Crippen LogP contribution in [0.1, 0.15) is 151 Å². The molecule has 6 aliphatic rings. The number of amides is 1. The number of carbonyl (C=O) groups is 2. The molecule has 1 N–H and O–H groups in total. The van der Waals surface area contributed by atoms with Gasteiger partial charge in [-0.2, -0.15) is 0 Å². The Hall–Kier alpha value is -2.41. The number of H-pyrrole nitrogens is 1. The number of thiophene rings is 1. The zero-order valence-electron chi connectivity index (χ0n) is 32.0. The molecule has 1 saturated heterocycles. The molecule has 8 rings (SSSR count). The molecule has 1 amide bonds. The lowest BCUT2D eigenvalue weighted by Crippen LogP contribution is -2.67. The van der Waals surface area contributed by atoms with Crippen molar-refractivity contribution in [2.24, 2.45) is 50.7 Å². The van der Waals surface area contributed by atoms with E-state index >= 15 is 4.79 Å². The molecule has 51 heavy (non-hydrogen) atoms. The van der Waals surface area contributed by atoms with Crippen LogP contribution in [-0.2, 0) is 14.3 Å². The molecule has 7 heteroatoms. The Morgan fingerprint density at radius 2 is 1.71 bits per heavy atom. The minimum atomic E-state index is -0.204. The van der Waals surface area contributed by atoms with E-state index in [1.54, 1.807) is 24.3 Å². The van der Waals surface area contributed by atoms with Gasteiger partial charge < -0.3 is 14.6 Å². The van der Waals surface area contributed by atoms with Crippen molar-refractivity contribution in [2.45, 2.75) is 152 Å². The average Bonchev–Trinajstić information content (AvgIpc) is 3.89. The molecule has 6 fully saturated rings. The SMILES string of the molecule is C.C=CC.CC(=O)OC1CCC2(C)C(CCC3(C)C2CCC2C4CCCC4(C(=O)N4CCCC4c4ncc(-c5cccs5)[nH]4)CC[C@]23C)C1(C)C. The third-order valence-electron chi connectivity index (χ3n) is 16.2. The minimum Gasteiger partial charge on any atom is -0.462 e. The molecule has 10 atom stereocenters. The fraction of sp³-hybridized carbons (Fsp3) is 0.750. The molecular formula is C44H67N3O3S. The van der Waals surface area contributed by atoms with Crippen LogP contribution in [-0.4, -0.2) is 39.4 Å². The van der Waals surface area contributed by atoms with Crippen molar-refractivity contribution in [1.29, 1.82) is 0 Å². The van der Waals surface area contributed by atoms with E-state index in [0.717, 1.165) is 56.6 Å². The topological polar surface area (TPSA) is 75.3 Å². The Balaban J connectivity index is 0.00000108. The number of carbonyl (C=O) groups excluding carboxylic acids is 2. The second-order valence-electron chi connectivity index (χ2n) is 18.5. The van der Waals surface area contributed by atoms with Gasteiger partial charge in [0, 0.05) is 18.9 Å². The van der Waals surface area contributed by atoms with E-state index in [-0.39, 0.29) is 52.6 Å². The minimum absolute atomic E-state index is 0. The van der Waals surface area contributed by atoms with Crippen molar-refractivity contribution >= 4 is 23.2 Å². The molecule has 0 aromatic carbocycles. The van der Waals surface area contributed by atoms with Crippen LogP contribution in [0.5, 0.6) is 0 Å². The zero-order chi connectivity index (χ0) is 35.7. The van der Waals surface area contributed by atoms with E-state index in [4.69, 9.17) is 9.72 Å². The molecule has 282 valence electrons. The van der Waals surface area contributed by atoms with Crippen LogP contribution in [0.15, 0.2) is 36.4 Å². The van der Waals surface area contributed by atoms with Crippen LogP contribution >= 0.6 is 11.3 Å². The third kappa shape index (κ3) is 5.71. The molecule has 1 aliphatic heterocycles. The second kappa shape index (κ2) is 13.8. The molecule has 9 unspecified atom stereocenters. The Morgan fingerprint density at radius 1 is 0.941 bits per heavy atom. The number of imidazole rings is 1. The largest absolute Gasteiger partial charge is 0.462 e. The fourth-order valence-corrected chi connectivity index (χ4v) is 14.7. The summed E-state index contributed by atoms with van der Waals surface area (Å²) in [6, 6.07) is 4.28. The van der Waals surface area contributed by atoms with E-state index in [1.807, 2.05) is 13.1 Å². The summed E-state index contributed by atoms with van der Waals surface area (Å²) in [6.45, 7) is 20.4. The maximum atomic E-state index is 15.0. The van der Waals surface area contributed by atoms with E-state index in [2.05, 4.69) is 68.6 Å². The number of fused-ring (bicyclic) bond motifs is 7. The van der Waals surface area contributed by atoms with Crippen LogP contribution in [0.3, 0.4) is 0 Å². The third-order valence-corrected chi connectivity index (χ3v) is 17.1. The first-order valence-corrected chi connectivity index (χ1v) is 20.8. The lowest BCUT2D eigenvalue weighted by atomic mass is 9.32. The summed E-state index contributed by atoms with van der Waals surface area (Å²) < 4.78 is 5.96. The lowest BCUT2D eigenvalue weighted by Gasteiger charge is -2.72. The first-order chi connectivity index (χ1) is 23.8. The summed E-state index contributed by atoms with van der Waals surface area (Å²) in [5.74, 6) is 3.64. The fourth-order valence-electron chi connectivity index (χ4n) is 14.0. The summed E-state index contributed by atoms with van der Waals surface area (Å²) in [5, 5.41) is 2.11. The predicted octanol–water partition coefficient (Wildman–Crippen LogP) is 11.4. The van der Waals surface area contributed by atoms with Crippen molar-refractivity contribution in [3.63, 3.8) is 0 Å². The molecule has 2 aromatic heterocycles. The van der Waals surface area contributed by atoms with Crippen LogP contribution in [0.2, 0.25) is 0 Å². The summed E-state index contributed by atoms with van der Waals surface area (Å²) in [7, 11) is 0. The highest BCUT2D eigenvalue weighted by Gasteiger charge is 2.71. The summed E-state index contributed by atoms with van der Waals surface area (Å²) in [4.78, 5) is 39.0. The van der Waals surface area contributed by atoms with E-state index in [1.165, 1.54) is 49.8 Å². The molecule has 5 aliphatic carbocycles. The van der Waals surface area contributed by atoms with Gasteiger partial charge in [0.1, 0.15) is 11.9 Å². The monoisotopic (exact) mass is 717 g/mol. The number of rotatable bonds is 4. The van der Waals surface area contributed by atoms with E-state index in [9.17, 15) is 4.79 Å². The highest BCUT2D eigenvalue weighted by molar-refractivity contribution is 7.13. The Morgan fingerprint density at radius 3 is 2.41 bits per heavy atom. The highest BCUT2D eigenvalue weighted by Crippen LogP contribution is 2.77. The molecule has 3 heterocycles. The Bertz CT molecular complexity index is 1580. The van der Waals surface area contributed by atoms with Gasteiger partial charge in [0.2, 0.25) is 5.91 Å². The van der Waals surface area contributed by atoms with Crippen molar-refractivity contribution in [2.75, 3.05) is 6.54 Å². The number of nitrogens with zero attached hydrogens (tertiary/aromatic N) is 2. The number of likely N-dealkylation sites (tertiary alicyclic amines) is 1. The summed E-state index contributed by atoms with van der Waals surface area (Å²) in [5.41, 5.74) is 1.63. The van der Waals surface area contributed by atoms with Gasteiger partial charge >= 0.3 is 5.97 Å². The zero-order valence-corrected chi connectivity index (χ0v) is 32.8. The van der Waals surface area contributed by atoms with Crippen LogP contribution in [0.25, 0.3) is 10.6 Å². The van der Waals surface area contributed by atoms with E-state index < -0.39 is 0 Å². The molecular weight excluding hydrogens is 651 g/mol. The number of ether oxygens (including phenoxy) is 1. The lowest BCUT2D eigenvalue weighted by molar-refractivity contribution is -0.248. The van der Waals surface area contributed by atoms with Gasteiger partial charge in [0.25, 0.3) is 0 Å². The first kappa shape index (κ1) is 38.3. The number of hydrogen-bond acceptors (Lipinski definition) is 5. The quantitative estimate of drug-likeness (QED) is 0.252.